The quantitative estimate of drug-likeness (QED) is 0.704. The molecule has 2 aromatic rings. The van der Waals surface area contributed by atoms with Crippen molar-refractivity contribution in [1.29, 1.82) is 0 Å². The first kappa shape index (κ1) is 18.1. The SMILES string of the molecule is O=C1N=C(N2CCN(c3ccccc3F)CC2)SC1=Cc1ccccc1Cl. The molecule has 0 saturated carbocycles. The molecule has 4 rings (SSSR count). The molecule has 0 aliphatic carbocycles. The lowest BCUT2D eigenvalue weighted by Gasteiger charge is -2.36. The summed E-state index contributed by atoms with van der Waals surface area (Å²) in [7, 11) is 0. The van der Waals surface area contributed by atoms with Crippen molar-refractivity contribution >= 4 is 46.2 Å². The molecule has 1 amide bonds. The third kappa shape index (κ3) is 3.87. The van der Waals surface area contributed by atoms with Crippen LogP contribution >= 0.6 is 23.4 Å². The number of carbonyl (C=O) groups excluding carboxylic acids is 1. The largest absolute Gasteiger partial charge is 0.366 e. The van der Waals surface area contributed by atoms with E-state index in [0.717, 1.165) is 5.56 Å². The highest BCUT2D eigenvalue weighted by atomic mass is 35.5. The molecule has 0 bridgehead atoms. The number of hydrogen-bond acceptors (Lipinski definition) is 4. The highest BCUT2D eigenvalue weighted by molar-refractivity contribution is 8.18. The first-order valence-corrected chi connectivity index (χ1v) is 9.83. The number of anilines is 1. The molecule has 7 heteroatoms. The van der Waals surface area contributed by atoms with Gasteiger partial charge in [0, 0.05) is 31.2 Å². The van der Waals surface area contributed by atoms with E-state index < -0.39 is 0 Å². The molecule has 27 heavy (non-hydrogen) atoms. The Morgan fingerprint density at radius 2 is 1.67 bits per heavy atom. The van der Waals surface area contributed by atoms with Gasteiger partial charge in [-0.15, -0.1) is 0 Å². The Hall–Kier alpha value is -2.31. The Labute approximate surface area is 166 Å². The summed E-state index contributed by atoms with van der Waals surface area (Å²) in [5, 5.41) is 1.30. The average molecular weight is 402 g/mol. The first-order valence-electron chi connectivity index (χ1n) is 8.63. The van der Waals surface area contributed by atoms with Crippen LogP contribution in [0.4, 0.5) is 10.1 Å². The molecule has 1 saturated heterocycles. The number of carbonyl (C=O) groups is 1. The molecule has 1 fully saturated rings. The minimum atomic E-state index is -0.244. The average Bonchev–Trinajstić information content (AvgIpc) is 3.05. The van der Waals surface area contributed by atoms with Crippen molar-refractivity contribution in [2.45, 2.75) is 0 Å². The second kappa shape index (κ2) is 7.74. The minimum absolute atomic E-state index is 0.210. The summed E-state index contributed by atoms with van der Waals surface area (Å²) in [6.45, 7) is 2.73. The number of amides is 1. The van der Waals surface area contributed by atoms with Crippen LogP contribution in [0.5, 0.6) is 0 Å². The molecule has 2 aliphatic rings. The fraction of sp³-hybridized carbons (Fsp3) is 0.200. The maximum Gasteiger partial charge on any atom is 0.286 e. The van der Waals surface area contributed by atoms with Gasteiger partial charge in [0.1, 0.15) is 5.82 Å². The maximum atomic E-state index is 14.0. The zero-order valence-corrected chi connectivity index (χ0v) is 16.0. The topological polar surface area (TPSA) is 35.9 Å². The van der Waals surface area contributed by atoms with Gasteiger partial charge in [-0.1, -0.05) is 41.9 Å². The second-order valence-corrected chi connectivity index (χ2v) is 7.67. The molecule has 2 heterocycles. The molecule has 2 aliphatic heterocycles. The van der Waals surface area contributed by atoms with Gasteiger partial charge in [0.05, 0.1) is 10.6 Å². The van der Waals surface area contributed by atoms with Gasteiger partial charge in [-0.2, -0.15) is 4.99 Å². The minimum Gasteiger partial charge on any atom is -0.366 e. The number of nitrogens with zero attached hydrogens (tertiary/aromatic N) is 3. The summed E-state index contributed by atoms with van der Waals surface area (Å²) >= 11 is 7.54. The number of hydrogen-bond donors (Lipinski definition) is 0. The van der Waals surface area contributed by atoms with Crippen LogP contribution in [0, 0.1) is 5.82 Å². The molecule has 2 aromatic carbocycles. The normalized spacial score (nSPS) is 19.0. The molecular formula is C20H17ClFN3OS. The highest BCUT2D eigenvalue weighted by Gasteiger charge is 2.29. The van der Waals surface area contributed by atoms with Crippen LogP contribution in [-0.4, -0.2) is 42.2 Å². The van der Waals surface area contributed by atoms with Crippen LogP contribution in [0.1, 0.15) is 5.56 Å². The van der Waals surface area contributed by atoms with Crippen molar-refractivity contribution < 1.29 is 9.18 Å². The lowest BCUT2D eigenvalue weighted by atomic mass is 10.2. The zero-order valence-electron chi connectivity index (χ0n) is 14.4. The number of thioether (sulfide) groups is 1. The predicted molar refractivity (Wildman–Crippen MR) is 110 cm³/mol. The van der Waals surface area contributed by atoms with Crippen LogP contribution in [0.15, 0.2) is 58.4 Å². The third-order valence-corrected chi connectivity index (χ3v) is 5.93. The third-order valence-electron chi connectivity index (χ3n) is 4.54. The summed E-state index contributed by atoms with van der Waals surface area (Å²) < 4.78 is 14.0. The standard InChI is InChI=1S/C20H17ClFN3OS/c21-15-6-2-1-5-14(15)13-18-19(26)23-20(27-18)25-11-9-24(10-12-25)17-8-4-3-7-16(17)22/h1-8,13H,9-12H2. The van der Waals surface area contributed by atoms with Crippen LogP contribution in [0.2, 0.25) is 5.02 Å². The number of rotatable bonds is 2. The lowest BCUT2D eigenvalue weighted by molar-refractivity contribution is -0.113. The smallest absolute Gasteiger partial charge is 0.286 e. The maximum absolute atomic E-state index is 14.0. The predicted octanol–water partition coefficient (Wildman–Crippen LogP) is 4.27. The van der Waals surface area contributed by atoms with Gasteiger partial charge >= 0.3 is 0 Å². The van der Waals surface area contributed by atoms with Crippen LogP contribution in [-0.2, 0) is 4.79 Å². The Kier molecular flexibility index (Phi) is 5.18. The van der Waals surface area contributed by atoms with E-state index in [9.17, 15) is 9.18 Å². The van der Waals surface area contributed by atoms with Crippen molar-refractivity contribution in [1.82, 2.24) is 4.90 Å². The molecule has 0 radical (unpaired) electrons. The van der Waals surface area contributed by atoms with E-state index in [2.05, 4.69) is 9.89 Å². The van der Waals surface area contributed by atoms with Gasteiger partial charge in [-0.3, -0.25) is 4.79 Å². The summed E-state index contributed by atoms with van der Waals surface area (Å²) in [6.07, 6.45) is 1.78. The fourth-order valence-electron chi connectivity index (χ4n) is 3.11. The van der Waals surface area contributed by atoms with E-state index in [1.54, 1.807) is 24.3 Å². The van der Waals surface area contributed by atoms with E-state index in [1.807, 2.05) is 29.2 Å². The van der Waals surface area contributed by atoms with Crippen molar-refractivity contribution in [3.8, 4) is 0 Å². The van der Waals surface area contributed by atoms with Gasteiger partial charge in [0.15, 0.2) is 5.17 Å². The molecule has 4 nitrogen and oxygen atoms in total. The molecular weight excluding hydrogens is 385 g/mol. The van der Waals surface area contributed by atoms with Crippen LogP contribution in [0.25, 0.3) is 6.08 Å². The van der Waals surface area contributed by atoms with Crippen molar-refractivity contribution in [2.24, 2.45) is 4.99 Å². The number of aliphatic imine (C=N–C) groups is 1. The highest BCUT2D eigenvalue weighted by Crippen LogP contribution is 2.32. The van der Waals surface area contributed by atoms with Crippen molar-refractivity contribution in [3.05, 3.63) is 69.8 Å². The Balaban J connectivity index is 1.43. The fourth-order valence-corrected chi connectivity index (χ4v) is 4.26. The lowest BCUT2D eigenvalue weighted by Crippen LogP contribution is -2.48. The van der Waals surface area contributed by atoms with E-state index in [1.165, 1.54) is 17.8 Å². The van der Waals surface area contributed by atoms with Gasteiger partial charge in [-0.05, 0) is 41.6 Å². The number of para-hydroxylation sites is 1. The molecule has 0 unspecified atom stereocenters. The summed E-state index contributed by atoms with van der Waals surface area (Å²) in [6, 6.07) is 14.2. The van der Waals surface area contributed by atoms with Gasteiger partial charge in [-0.25, -0.2) is 4.39 Å². The van der Waals surface area contributed by atoms with E-state index in [0.29, 0.717) is 47.0 Å². The Morgan fingerprint density at radius 1 is 1.00 bits per heavy atom. The second-order valence-electron chi connectivity index (χ2n) is 6.26. The summed E-state index contributed by atoms with van der Waals surface area (Å²) in [4.78, 5) is 21.1. The summed E-state index contributed by atoms with van der Waals surface area (Å²) in [5.41, 5.74) is 1.42. The van der Waals surface area contributed by atoms with Gasteiger partial charge in [0.2, 0.25) is 0 Å². The molecule has 0 spiro atoms. The number of halogens is 2. The van der Waals surface area contributed by atoms with Crippen molar-refractivity contribution in [2.75, 3.05) is 31.1 Å². The number of piperazine rings is 1. The number of amidine groups is 1. The van der Waals surface area contributed by atoms with E-state index >= 15 is 0 Å². The molecule has 0 aromatic heterocycles. The van der Waals surface area contributed by atoms with E-state index in [4.69, 9.17) is 11.6 Å². The van der Waals surface area contributed by atoms with Crippen LogP contribution in [0.3, 0.4) is 0 Å². The Morgan fingerprint density at radius 3 is 2.41 bits per heavy atom. The summed E-state index contributed by atoms with van der Waals surface area (Å²) in [5.74, 6) is -0.454. The van der Waals surface area contributed by atoms with Gasteiger partial charge in [0.25, 0.3) is 5.91 Å². The monoisotopic (exact) mass is 401 g/mol. The van der Waals surface area contributed by atoms with Crippen LogP contribution < -0.4 is 4.90 Å². The molecule has 138 valence electrons. The first-order chi connectivity index (χ1) is 13.1. The van der Waals surface area contributed by atoms with Crippen molar-refractivity contribution in [3.63, 3.8) is 0 Å². The molecule has 0 atom stereocenters. The molecule has 0 N–H and O–H groups in total. The Bertz CT molecular complexity index is 938. The zero-order chi connectivity index (χ0) is 18.8. The number of benzene rings is 2. The van der Waals surface area contributed by atoms with E-state index in [-0.39, 0.29) is 11.7 Å². The van der Waals surface area contributed by atoms with Gasteiger partial charge < -0.3 is 9.80 Å².